The Bertz CT molecular complexity index is 441. The Morgan fingerprint density at radius 1 is 1.29 bits per heavy atom. The van der Waals surface area contributed by atoms with E-state index >= 15 is 0 Å². The van der Waals surface area contributed by atoms with Crippen molar-refractivity contribution in [1.82, 2.24) is 10.2 Å². The predicted octanol–water partition coefficient (Wildman–Crippen LogP) is 3.11. The van der Waals surface area contributed by atoms with Gasteiger partial charge in [-0.05, 0) is 18.6 Å². The van der Waals surface area contributed by atoms with Crippen LogP contribution in [0.25, 0.3) is 16.8 Å². The van der Waals surface area contributed by atoms with Crippen molar-refractivity contribution in [3.63, 3.8) is 0 Å². The molecule has 1 N–H and O–H groups in total. The summed E-state index contributed by atoms with van der Waals surface area (Å²) in [5, 5.41) is 6.98. The highest BCUT2D eigenvalue weighted by atomic mass is 15.1. The molecule has 0 spiro atoms. The Morgan fingerprint density at radius 2 is 2.07 bits per heavy atom. The molecule has 1 aromatic heterocycles. The molecule has 0 aliphatic rings. The lowest BCUT2D eigenvalue weighted by Gasteiger charge is -2.05. The molecule has 2 aromatic rings. The summed E-state index contributed by atoms with van der Waals surface area (Å²) in [6.45, 7) is 5.96. The first-order chi connectivity index (χ1) is 6.79. The molecule has 14 heavy (non-hydrogen) atoms. The lowest BCUT2D eigenvalue weighted by molar-refractivity contribution is 1.09. The zero-order valence-corrected chi connectivity index (χ0v) is 8.12. The Balaban J connectivity index is 2.58. The summed E-state index contributed by atoms with van der Waals surface area (Å²) in [5.74, 6) is 0. The van der Waals surface area contributed by atoms with Crippen LogP contribution in [0.4, 0.5) is 0 Å². The third-order valence-electron chi connectivity index (χ3n) is 2.16. The highest BCUT2D eigenvalue weighted by Gasteiger charge is 2.05. The van der Waals surface area contributed by atoms with E-state index in [1.165, 1.54) is 0 Å². The molecule has 0 atom stereocenters. The van der Waals surface area contributed by atoms with Crippen LogP contribution >= 0.6 is 0 Å². The molecule has 2 heteroatoms. The van der Waals surface area contributed by atoms with Crippen molar-refractivity contribution in [3.8, 4) is 11.3 Å². The van der Waals surface area contributed by atoms with Crippen LogP contribution in [0.3, 0.4) is 0 Å². The van der Waals surface area contributed by atoms with Crippen molar-refractivity contribution in [1.29, 1.82) is 0 Å². The monoisotopic (exact) mass is 184 g/mol. The number of nitrogens with one attached hydrogen (secondary N) is 1. The SMILES string of the molecule is C=C(C)c1ccccc1-c1cc[nH]n1. The molecule has 0 bridgehead atoms. The zero-order valence-electron chi connectivity index (χ0n) is 8.12. The van der Waals surface area contributed by atoms with E-state index in [1.807, 2.05) is 31.3 Å². The molecule has 0 radical (unpaired) electrons. The van der Waals surface area contributed by atoms with Gasteiger partial charge in [-0.1, -0.05) is 36.4 Å². The second-order valence-corrected chi connectivity index (χ2v) is 3.29. The van der Waals surface area contributed by atoms with Gasteiger partial charge in [0, 0.05) is 11.8 Å². The maximum Gasteiger partial charge on any atom is 0.0926 e. The maximum absolute atomic E-state index is 4.16. The summed E-state index contributed by atoms with van der Waals surface area (Å²) in [4.78, 5) is 0. The number of aromatic amines is 1. The second-order valence-electron chi connectivity index (χ2n) is 3.29. The molecule has 0 unspecified atom stereocenters. The average molecular weight is 184 g/mol. The van der Waals surface area contributed by atoms with Gasteiger partial charge in [0.05, 0.1) is 5.69 Å². The minimum Gasteiger partial charge on any atom is -0.285 e. The van der Waals surface area contributed by atoms with Gasteiger partial charge in [0.2, 0.25) is 0 Å². The molecule has 2 nitrogen and oxygen atoms in total. The van der Waals surface area contributed by atoms with Gasteiger partial charge >= 0.3 is 0 Å². The van der Waals surface area contributed by atoms with Crippen LogP contribution in [0.2, 0.25) is 0 Å². The van der Waals surface area contributed by atoms with E-state index in [4.69, 9.17) is 0 Å². The number of benzene rings is 1. The van der Waals surface area contributed by atoms with Gasteiger partial charge in [0.1, 0.15) is 0 Å². The lowest BCUT2D eigenvalue weighted by Crippen LogP contribution is -1.85. The number of hydrogen-bond donors (Lipinski definition) is 1. The predicted molar refractivity (Wildman–Crippen MR) is 58.7 cm³/mol. The van der Waals surface area contributed by atoms with Crippen molar-refractivity contribution >= 4 is 5.57 Å². The molecule has 2 rings (SSSR count). The van der Waals surface area contributed by atoms with Crippen LogP contribution in [-0.4, -0.2) is 10.2 Å². The quantitative estimate of drug-likeness (QED) is 0.763. The van der Waals surface area contributed by atoms with E-state index in [0.717, 1.165) is 22.4 Å². The standard InChI is InChI=1S/C12H12N2/c1-9(2)10-5-3-4-6-11(10)12-7-8-13-14-12/h3-8H,1H2,2H3,(H,13,14). The molecule has 0 saturated carbocycles. The smallest absolute Gasteiger partial charge is 0.0926 e. The van der Waals surface area contributed by atoms with Crippen molar-refractivity contribution in [3.05, 3.63) is 48.7 Å². The minimum absolute atomic E-state index is 0.962. The molecule has 0 aliphatic heterocycles. The number of rotatable bonds is 2. The van der Waals surface area contributed by atoms with Crippen LogP contribution in [0.5, 0.6) is 0 Å². The number of H-pyrrole nitrogens is 1. The van der Waals surface area contributed by atoms with Crippen LogP contribution in [-0.2, 0) is 0 Å². The normalized spacial score (nSPS) is 10.1. The number of nitrogens with zero attached hydrogens (tertiary/aromatic N) is 1. The first-order valence-corrected chi connectivity index (χ1v) is 4.54. The lowest BCUT2D eigenvalue weighted by atomic mass is 10.00. The summed E-state index contributed by atoms with van der Waals surface area (Å²) in [5.41, 5.74) is 4.30. The molecular formula is C12H12N2. The third kappa shape index (κ3) is 1.46. The molecule has 1 heterocycles. The molecule has 0 saturated heterocycles. The second kappa shape index (κ2) is 3.50. The third-order valence-corrected chi connectivity index (χ3v) is 2.16. The molecule has 0 aliphatic carbocycles. The molecule has 1 aromatic carbocycles. The largest absolute Gasteiger partial charge is 0.285 e. The van der Waals surface area contributed by atoms with Crippen molar-refractivity contribution in [2.24, 2.45) is 0 Å². The number of hydrogen-bond acceptors (Lipinski definition) is 1. The van der Waals surface area contributed by atoms with Crippen LogP contribution in [0.1, 0.15) is 12.5 Å². The summed E-state index contributed by atoms with van der Waals surface area (Å²) in [7, 11) is 0. The fourth-order valence-electron chi connectivity index (χ4n) is 1.49. The fourth-order valence-corrected chi connectivity index (χ4v) is 1.49. The number of aromatic nitrogens is 2. The Morgan fingerprint density at radius 3 is 2.71 bits per heavy atom. The van der Waals surface area contributed by atoms with Crippen molar-refractivity contribution < 1.29 is 0 Å². The highest BCUT2D eigenvalue weighted by molar-refractivity contribution is 5.77. The Hall–Kier alpha value is -1.83. The molecule has 0 amide bonds. The first kappa shape index (κ1) is 8.75. The first-order valence-electron chi connectivity index (χ1n) is 4.54. The Labute approximate surface area is 83.3 Å². The van der Waals surface area contributed by atoms with E-state index < -0.39 is 0 Å². The van der Waals surface area contributed by atoms with Gasteiger partial charge in [0.25, 0.3) is 0 Å². The van der Waals surface area contributed by atoms with Gasteiger partial charge in [0.15, 0.2) is 0 Å². The Kier molecular flexibility index (Phi) is 2.19. The van der Waals surface area contributed by atoms with Crippen LogP contribution in [0, 0.1) is 0 Å². The minimum atomic E-state index is 0.962. The van der Waals surface area contributed by atoms with Gasteiger partial charge < -0.3 is 0 Å². The highest BCUT2D eigenvalue weighted by Crippen LogP contribution is 2.25. The van der Waals surface area contributed by atoms with Crippen LogP contribution < -0.4 is 0 Å². The molecule has 70 valence electrons. The molecule has 0 fully saturated rings. The fraction of sp³-hybridized carbons (Fsp3) is 0.0833. The molecular weight excluding hydrogens is 172 g/mol. The van der Waals surface area contributed by atoms with E-state index in [1.54, 1.807) is 0 Å². The zero-order chi connectivity index (χ0) is 9.97. The van der Waals surface area contributed by atoms with Gasteiger partial charge in [-0.2, -0.15) is 5.10 Å². The van der Waals surface area contributed by atoms with E-state index in [9.17, 15) is 0 Å². The van der Waals surface area contributed by atoms with Gasteiger partial charge in [-0.15, -0.1) is 0 Å². The van der Waals surface area contributed by atoms with E-state index in [2.05, 4.69) is 28.9 Å². The summed E-state index contributed by atoms with van der Waals surface area (Å²) < 4.78 is 0. The average Bonchev–Trinajstić information content (AvgIpc) is 2.70. The summed E-state index contributed by atoms with van der Waals surface area (Å²) in [6.07, 6.45) is 1.82. The number of allylic oxidation sites excluding steroid dienone is 1. The summed E-state index contributed by atoms with van der Waals surface area (Å²) >= 11 is 0. The van der Waals surface area contributed by atoms with Crippen molar-refractivity contribution in [2.45, 2.75) is 6.92 Å². The summed E-state index contributed by atoms with van der Waals surface area (Å²) in [6, 6.07) is 10.1. The maximum atomic E-state index is 4.16. The van der Waals surface area contributed by atoms with E-state index in [0.29, 0.717) is 0 Å². The van der Waals surface area contributed by atoms with E-state index in [-0.39, 0.29) is 0 Å². The van der Waals surface area contributed by atoms with Gasteiger partial charge in [-0.25, -0.2) is 0 Å². The topological polar surface area (TPSA) is 28.7 Å². The van der Waals surface area contributed by atoms with Gasteiger partial charge in [-0.3, -0.25) is 5.10 Å². The van der Waals surface area contributed by atoms with Crippen LogP contribution in [0.15, 0.2) is 43.1 Å². The van der Waals surface area contributed by atoms with Crippen molar-refractivity contribution in [2.75, 3.05) is 0 Å².